The maximum Gasteiger partial charge on any atom is 0.194 e. The zero-order chi connectivity index (χ0) is 17.6. The molecule has 0 radical (unpaired) electrons. The number of morpholine rings is 1. The van der Waals surface area contributed by atoms with E-state index in [1.54, 1.807) is 7.11 Å². The number of methoxy groups -OCH3 is 1. The molecule has 0 saturated carbocycles. The second kappa shape index (κ2) is 8.87. The third-order valence-electron chi connectivity index (χ3n) is 4.65. The van der Waals surface area contributed by atoms with Gasteiger partial charge in [-0.25, -0.2) is 0 Å². The van der Waals surface area contributed by atoms with Gasteiger partial charge in [-0.15, -0.1) is 0 Å². The molecular formula is C18H26BrN3O3. The summed E-state index contributed by atoms with van der Waals surface area (Å²) in [6.45, 7) is 3.92. The number of guanidine groups is 1. The SMILES string of the molecule is CN=C(NCc1ccc(OC)c(Br)c1)N1CCOC(C2CCCO2)C1. The van der Waals surface area contributed by atoms with Crippen molar-refractivity contribution >= 4 is 21.9 Å². The average molecular weight is 412 g/mol. The van der Waals surface area contributed by atoms with Gasteiger partial charge in [-0.1, -0.05) is 6.07 Å². The summed E-state index contributed by atoms with van der Waals surface area (Å²) in [6, 6.07) is 6.08. The summed E-state index contributed by atoms with van der Waals surface area (Å²) in [4.78, 5) is 6.70. The highest BCUT2D eigenvalue weighted by molar-refractivity contribution is 9.10. The Morgan fingerprint density at radius 1 is 1.36 bits per heavy atom. The number of ether oxygens (including phenoxy) is 3. The number of hydrogen-bond donors (Lipinski definition) is 1. The highest BCUT2D eigenvalue weighted by Crippen LogP contribution is 2.25. The van der Waals surface area contributed by atoms with Crippen LogP contribution in [0.2, 0.25) is 0 Å². The first-order valence-corrected chi connectivity index (χ1v) is 9.51. The van der Waals surface area contributed by atoms with Gasteiger partial charge >= 0.3 is 0 Å². The van der Waals surface area contributed by atoms with Gasteiger partial charge in [-0.2, -0.15) is 0 Å². The van der Waals surface area contributed by atoms with Crippen molar-refractivity contribution in [3.05, 3.63) is 28.2 Å². The molecule has 2 atom stereocenters. The second-order valence-electron chi connectivity index (χ2n) is 6.28. The minimum absolute atomic E-state index is 0.130. The van der Waals surface area contributed by atoms with Crippen molar-refractivity contribution in [1.82, 2.24) is 10.2 Å². The fraction of sp³-hybridized carbons (Fsp3) is 0.611. The lowest BCUT2D eigenvalue weighted by molar-refractivity contribution is -0.0817. The molecule has 2 fully saturated rings. The van der Waals surface area contributed by atoms with Crippen LogP contribution in [0.4, 0.5) is 0 Å². The average Bonchev–Trinajstić information content (AvgIpc) is 3.17. The quantitative estimate of drug-likeness (QED) is 0.608. The van der Waals surface area contributed by atoms with Crippen LogP contribution in [-0.2, 0) is 16.0 Å². The van der Waals surface area contributed by atoms with Crippen molar-refractivity contribution < 1.29 is 14.2 Å². The van der Waals surface area contributed by atoms with E-state index < -0.39 is 0 Å². The van der Waals surface area contributed by atoms with Crippen LogP contribution < -0.4 is 10.1 Å². The lowest BCUT2D eigenvalue weighted by Crippen LogP contribution is -2.53. The molecule has 0 amide bonds. The van der Waals surface area contributed by atoms with Gasteiger partial charge in [0, 0.05) is 33.3 Å². The first-order chi connectivity index (χ1) is 12.2. The number of nitrogens with one attached hydrogen (secondary N) is 1. The largest absolute Gasteiger partial charge is 0.496 e. The molecule has 7 heteroatoms. The van der Waals surface area contributed by atoms with Crippen LogP contribution in [0.3, 0.4) is 0 Å². The summed E-state index contributed by atoms with van der Waals surface area (Å²) in [5.74, 6) is 1.74. The first kappa shape index (κ1) is 18.5. The monoisotopic (exact) mass is 411 g/mol. The van der Waals surface area contributed by atoms with E-state index in [9.17, 15) is 0 Å². The van der Waals surface area contributed by atoms with Gasteiger partial charge in [0.25, 0.3) is 0 Å². The van der Waals surface area contributed by atoms with Crippen LogP contribution in [-0.4, -0.2) is 63.5 Å². The number of benzene rings is 1. The van der Waals surface area contributed by atoms with E-state index in [2.05, 4.69) is 43.3 Å². The molecule has 0 bridgehead atoms. The summed E-state index contributed by atoms with van der Waals surface area (Å²) in [6.07, 6.45) is 2.57. The topological polar surface area (TPSA) is 55.3 Å². The van der Waals surface area contributed by atoms with E-state index in [-0.39, 0.29) is 12.2 Å². The Labute approximate surface area is 157 Å². The van der Waals surface area contributed by atoms with Gasteiger partial charge in [0.05, 0.1) is 24.3 Å². The summed E-state index contributed by atoms with van der Waals surface area (Å²) in [5, 5.41) is 3.45. The second-order valence-corrected chi connectivity index (χ2v) is 7.13. The lowest BCUT2D eigenvalue weighted by atomic mass is 10.1. The molecule has 2 saturated heterocycles. The molecule has 0 aromatic heterocycles. The van der Waals surface area contributed by atoms with Gasteiger partial charge in [0.15, 0.2) is 5.96 Å². The molecule has 3 rings (SSSR count). The van der Waals surface area contributed by atoms with Gasteiger partial charge in [0.2, 0.25) is 0 Å². The number of aliphatic imine (C=N–C) groups is 1. The third-order valence-corrected chi connectivity index (χ3v) is 5.27. The Kier molecular flexibility index (Phi) is 6.56. The minimum atomic E-state index is 0.130. The zero-order valence-corrected chi connectivity index (χ0v) is 16.4. The molecule has 6 nitrogen and oxygen atoms in total. The Morgan fingerprint density at radius 2 is 2.20 bits per heavy atom. The molecule has 1 aromatic rings. The standard InChI is InChI=1S/C18H26BrN3O3/c1-20-18(21-11-13-5-6-15(23-2)14(19)10-13)22-7-9-25-17(12-22)16-4-3-8-24-16/h5-6,10,16-17H,3-4,7-9,11-12H2,1-2H3,(H,20,21). The summed E-state index contributed by atoms with van der Waals surface area (Å²) in [5.41, 5.74) is 1.16. The summed E-state index contributed by atoms with van der Waals surface area (Å²) in [7, 11) is 3.49. The summed E-state index contributed by atoms with van der Waals surface area (Å²) >= 11 is 3.53. The van der Waals surface area contributed by atoms with Crippen LogP contribution in [0.15, 0.2) is 27.7 Å². The van der Waals surface area contributed by atoms with Gasteiger partial charge in [-0.3, -0.25) is 4.99 Å². The highest BCUT2D eigenvalue weighted by atomic mass is 79.9. The molecule has 1 N–H and O–H groups in total. The molecule has 0 spiro atoms. The van der Waals surface area contributed by atoms with E-state index in [1.807, 2.05) is 13.1 Å². The number of rotatable bonds is 4. The lowest BCUT2D eigenvalue weighted by Gasteiger charge is -2.37. The van der Waals surface area contributed by atoms with E-state index in [0.29, 0.717) is 13.2 Å². The maximum absolute atomic E-state index is 5.92. The zero-order valence-electron chi connectivity index (χ0n) is 14.8. The van der Waals surface area contributed by atoms with Crippen molar-refractivity contribution in [1.29, 1.82) is 0 Å². The number of hydrogen-bond acceptors (Lipinski definition) is 4. The molecule has 2 aliphatic heterocycles. The Bertz CT molecular complexity index is 605. The van der Waals surface area contributed by atoms with Crippen LogP contribution in [0.5, 0.6) is 5.75 Å². The molecular weight excluding hydrogens is 386 g/mol. The fourth-order valence-electron chi connectivity index (χ4n) is 3.32. The van der Waals surface area contributed by atoms with Gasteiger partial charge in [0.1, 0.15) is 11.9 Å². The number of nitrogens with zero attached hydrogens (tertiary/aromatic N) is 2. The smallest absolute Gasteiger partial charge is 0.194 e. The molecule has 138 valence electrons. The van der Waals surface area contributed by atoms with Crippen LogP contribution in [0, 0.1) is 0 Å². The molecule has 2 unspecified atom stereocenters. The van der Waals surface area contributed by atoms with Gasteiger partial charge in [-0.05, 0) is 46.5 Å². The van der Waals surface area contributed by atoms with Crippen LogP contribution in [0.25, 0.3) is 0 Å². The number of halogens is 1. The van der Waals surface area contributed by atoms with E-state index >= 15 is 0 Å². The Balaban J connectivity index is 1.57. The van der Waals surface area contributed by atoms with Crippen molar-refractivity contribution in [2.45, 2.75) is 31.6 Å². The van der Waals surface area contributed by atoms with E-state index in [4.69, 9.17) is 14.2 Å². The first-order valence-electron chi connectivity index (χ1n) is 8.72. The van der Waals surface area contributed by atoms with Crippen molar-refractivity contribution in [2.75, 3.05) is 40.5 Å². The van der Waals surface area contributed by atoms with Crippen molar-refractivity contribution in [3.63, 3.8) is 0 Å². The fourth-order valence-corrected chi connectivity index (χ4v) is 3.91. The van der Waals surface area contributed by atoms with E-state index in [0.717, 1.165) is 54.3 Å². The van der Waals surface area contributed by atoms with Gasteiger partial charge < -0.3 is 24.4 Å². The normalized spacial score (nSPS) is 24.4. The summed E-state index contributed by atoms with van der Waals surface area (Å²) < 4.78 is 17.9. The van der Waals surface area contributed by atoms with Crippen LogP contribution in [0.1, 0.15) is 18.4 Å². The van der Waals surface area contributed by atoms with Crippen LogP contribution >= 0.6 is 15.9 Å². The predicted octanol–water partition coefficient (Wildman–Crippen LogP) is 2.41. The maximum atomic E-state index is 5.92. The van der Waals surface area contributed by atoms with Crippen molar-refractivity contribution in [3.8, 4) is 5.75 Å². The third kappa shape index (κ3) is 4.65. The Morgan fingerprint density at radius 3 is 2.88 bits per heavy atom. The molecule has 2 heterocycles. The molecule has 2 aliphatic rings. The highest BCUT2D eigenvalue weighted by Gasteiger charge is 2.32. The molecule has 1 aromatic carbocycles. The molecule has 25 heavy (non-hydrogen) atoms. The van der Waals surface area contributed by atoms with Crippen molar-refractivity contribution in [2.24, 2.45) is 4.99 Å². The minimum Gasteiger partial charge on any atom is -0.496 e. The molecule has 0 aliphatic carbocycles. The van der Waals surface area contributed by atoms with E-state index in [1.165, 1.54) is 0 Å². The Hall–Kier alpha value is -1.31. The predicted molar refractivity (Wildman–Crippen MR) is 101 cm³/mol.